The van der Waals surface area contributed by atoms with E-state index in [1.807, 2.05) is 36.4 Å². The number of allylic oxidation sites excluding steroid dienone is 6. The van der Waals surface area contributed by atoms with Crippen LogP contribution in [0.15, 0.2) is 238 Å². The summed E-state index contributed by atoms with van der Waals surface area (Å²) >= 11 is 0. The molecule has 0 saturated carbocycles. The second-order valence-corrected chi connectivity index (χ2v) is 14.7. The third-order valence-electron chi connectivity index (χ3n) is 11.1. The van der Waals surface area contributed by atoms with Gasteiger partial charge in [-0.2, -0.15) is 0 Å². The maximum absolute atomic E-state index is 4.48. The molecule has 0 aliphatic rings. The standard InChI is InChI=1S/C58H43N/c1-4-6-19-47-37-45-22-10-11-23-46(45)39-56(47)48-25-18-26-51(38-48)59(50-34-32-43(33-35-50)41(3)36-42(5-2)44-20-8-7-9-21-44)58-31-17-16-30-55(58)57-40-49-24-12-13-27-52(49)53-28-14-15-29-54(53)57/h4-40H,1-3H2/b19-6-,42-36+. The van der Waals surface area contributed by atoms with Crippen LogP contribution < -0.4 is 4.90 Å². The van der Waals surface area contributed by atoms with Crippen molar-refractivity contribution in [1.29, 1.82) is 0 Å². The van der Waals surface area contributed by atoms with E-state index in [4.69, 9.17) is 0 Å². The molecule has 280 valence electrons. The first kappa shape index (κ1) is 36.9. The summed E-state index contributed by atoms with van der Waals surface area (Å²) in [5, 5.41) is 7.33. The van der Waals surface area contributed by atoms with E-state index in [-0.39, 0.29) is 0 Å². The molecule has 9 aromatic carbocycles. The first-order chi connectivity index (χ1) is 29.1. The molecule has 0 radical (unpaired) electrons. The normalized spacial score (nSPS) is 11.6. The van der Waals surface area contributed by atoms with Gasteiger partial charge in [-0.3, -0.25) is 0 Å². The van der Waals surface area contributed by atoms with Crippen LogP contribution in [0.4, 0.5) is 17.1 Å². The Kier molecular flexibility index (Phi) is 10.2. The Bertz CT molecular complexity index is 3090. The monoisotopic (exact) mass is 753 g/mol. The zero-order chi connectivity index (χ0) is 40.1. The van der Waals surface area contributed by atoms with Crippen molar-refractivity contribution < 1.29 is 0 Å². The Morgan fingerprint density at radius 2 is 1.10 bits per heavy atom. The van der Waals surface area contributed by atoms with Crippen LogP contribution in [-0.4, -0.2) is 0 Å². The van der Waals surface area contributed by atoms with Gasteiger partial charge in [0.15, 0.2) is 0 Å². The molecule has 0 saturated heterocycles. The number of para-hydroxylation sites is 1. The molecular formula is C58H43N. The molecule has 0 N–H and O–H groups in total. The summed E-state index contributed by atoms with van der Waals surface area (Å²) < 4.78 is 0. The Morgan fingerprint density at radius 3 is 1.86 bits per heavy atom. The molecule has 0 heterocycles. The van der Waals surface area contributed by atoms with Gasteiger partial charge in [0.25, 0.3) is 0 Å². The van der Waals surface area contributed by atoms with Crippen LogP contribution in [0.3, 0.4) is 0 Å². The minimum atomic E-state index is 0.920. The van der Waals surface area contributed by atoms with Crippen molar-refractivity contribution in [2.24, 2.45) is 0 Å². The number of fused-ring (bicyclic) bond motifs is 4. The summed E-state index contributed by atoms with van der Waals surface area (Å²) in [6, 6.07) is 69.7. The van der Waals surface area contributed by atoms with E-state index in [0.29, 0.717) is 0 Å². The highest BCUT2D eigenvalue weighted by atomic mass is 15.1. The van der Waals surface area contributed by atoms with Crippen molar-refractivity contribution in [3.05, 3.63) is 255 Å². The molecule has 9 rings (SSSR count). The van der Waals surface area contributed by atoms with Gasteiger partial charge in [-0.05, 0) is 131 Å². The number of rotatable bonds is 11. The minimum Gasteiger partial charge on any atom is -0.310 e. The van der Waals surface area contributed by atoms with Crippen LogP contribution >= 0.6 is 0 Å². The lowest BCUT2D eigenvalue weighted by molar-refractivity contribution is 1.28. The van der Waals surface area contributed by atoms with E-state index >= 15 is 0 Å². The van der Waals surface area contributed by atoms with Crippen molar-refractivity contribution >= 4 is 66.6 Å². The summed E-state index contributed by atoms with van der Waals surface area (Å²) in [4.78, 5) is 2.39. The zero-order valence-corrected chi connectivity index (χ0v) is 32.9. The van der Waals surface area contributed by atoms with Gasteiger partial charge in [0.05, 0.1) is 5.69 Å². The molecule has 0 aromatic heterocycles. The molecule has 0 bridgehead atoms. The molecule has 0 aliphatic heterocycles. The van der Waals surface area contributed by atoms with Gasteiger partial charge in [-0.15, -0.1) is 0 Å². The maximum atomic E-state index is 4.48. The smallest absolute Gasteiger partial charge is 0.0540 e. The fraction of sp³-hybridized carbons (Fsp3) is 0. The number of anilines is 3. The average Bonchev–Trinajstić information content (AvgIpc) is 3.30. The minimum absolute atomic E-state index is 0.920. The highest BCUT2D eigenvalue weighted by molar-refractivity contribution is 6.15. The molecule has 59 heavy (non-hydrogen) atoms. The SMILES string of the molecule is C=C/C=C\c1cc2ccccc2cc1-c1cccc(N(c2ccc(C(=C)/C=C(\C=C)c3ccccc3)cc2)c2ccccc2-c2cc3ccccc3c3ccccc23)c1. The average molecular weight is 754 g/mol. The second-order valence-electron chi connectivity index (χ2n) is 14.7. The largest absolute Gasteiger partial charge is 0.310 e. The predicted molar refractivity (Wildman–Crippen MR) is 257 cm³/mol. The van der Waals surface area contributed by atoms with Crippen molar-refractivity contribution in [3.8, 4) is 22.3 Å². The number of hydrogen-bond donors (Lipinski definition) is 0. The summed E-state index contributed by atoms with van der Waals surface area (Å²) in [7, 11) is 0. The summed E-state index contributed by atoms with van der Waals surface area (Å²) in [5.74, 6) is 0. The third-order valence-corrected chi connectivity index (χ3v) is 11.1. The zero-order valence-electron chi connectivity index (χ0n) is 32.9. The molecule has 9 aromatic rings. The van der Waals surface area contributed by atoms with Crippen LogP contribution in [0, 0.1) is 0 Å². The Balaban J connectivity index is 1.23. The fourth-order valence-corrected chi connectivity index (χ4v) is 8.22. The van der Waals surface area contributed by atoms with Crippen LogP contribution in [0.5, 0.6) is 0 Å². The van der Waals surface area contributed by atoms with Crippen LogP contribution in [0.2, 0.25) is 0 Å². The highest BCUT2D eigenvalue weighted by Gasteiger charge is 2.20. The van der Waals surface area contributed by atoms with Crippen molar-refractivity contribution in [2.75, 3.05) is 4.90 Å². The predicted octanol–water partition coefficient (Wildman–Crippen LogP) is 16.4. The summed E-state index contributed by atoms with van der Waals surface area (Å²) in [6.07, 6.45) is 10.00. The molecule has 0 spiro atoms. The van der Waals surface area contributed by atoms with Gasteiger partial charge in [-0.1, -0.05) is 190 Å². The van der Waals surface area contributed by atoms with Gasteiger partial charge >= 0.3 is 0 Å². The molecule has 1 heteroatoms. The van der Waals surface area contributed by atoms with Gasteiger partial charge in [0.1, 0.15) is 0 Å². The van der Waals surface area contributed by atoms with E-state index in [2.05, 4.69) is 213 Å². The number of benzene rings is 9. The molecule has 0 fully saturated rings. The highest BCUT2D eigenvalue weighted by Crippen LogP contribution is 2.45. The molecule has 0 amide bonds. The summed E-state index contributed by atoms with van der Waals surface area (Å²) in [5.41, 5.74) is 13.0. The Hall–Kier alpha value is -7.74. The van der Waals surface area contributed by atoms with Gasteiger partial charge in [0.2, 0.25) is 0 Å². The van der Waals surface area contributed by atoms with Gasteiger partial charge in [0, 0.05) is 16.9 Å². The van der Waals surface area contributed by atoms with Crippen LogP contribution in [0.1, 0.15) is 16.7 Å². The number of nitrogens with zero attached hydrogens (tertiary/aromatic N) is 1. The lowest BCUT2D eigenvalue weighted by Crippen LogP contribution is -2.11. The topological polar surface area (TPSA) is 3.24 Å². The van der Waals surface area contributed by atoms with Crippen molar-refractivity contribution in [1.82, 2.24) is 0 Å². The van der Waals surface area contributed by atoms with Crippen molar-refractivity contribution in [3.63, 3.8) is 0 Å². The lowest BCUT2D eigenvalue weighted by Gasteiger charge is -2.29. The molecular weight excluding hydrogens is 711 g/mol. The quantitative estimate of drug-likeness (QED) is 0.0939. The first-order valence-electron chi connectivity index (χ1n) is 20.0. The van der Waals surface area contributed by atoms with Gasteiger partial charge in [-0.25, -0.2) is 0 Å². The van der Waals surface area contributed by atoms with E-state index in [9.17, 15) is 0 Å². The fourth-order valence-electron chi connectivity index (χ4n) is 8.22. The maximum Gasteiger partial charge on any atom is 0.0540 e. The van der Waals surface area contributed by atoms with Crippen molar-refractivity contribution in [2.45, 2.75) is 0 Å². The Labute approximate surface area is 347 Å². The van der Waals surface area contributed by atoms with Crippen LogP contribution in [0.25, 0.3) is 71.8 Å². The molecule has 1 nitrogen and oxygen atoms in total. The first-order valence-corrected chi connectivity index (χ1v) is 20.0. The third kappa shape index (κ3) is 7.34. The van der Waals surface area contributed by atoms with E-state index in [1.54, 1.807) is 0 Å². The Morgan fingerprint density at radius 1 is 0.458 bits per heavy atom. The molecule has 0 unspecified atom stereocenters. The van der Waals surface area contributed by atoms with Crippen LogP contribution in [-0.2, 0) is 0 Å². The van der Waals surface area contributed by atoms with E-state index in [0.717, 1.165) is 61.6 Å². The second kappa shape index (κ2) is 16.4. The number of hydrogen-bond acceptors (Lipinski definition) is 1. The van der Waals surface area contributed by atoms with Gasteiger partial charge < -0.3 is 4.90 Å². The summed E-state index contributed by atoms with van der Waals surface area (Å²) in [6.45, 7) is 12.5. The lowest BCUT2D eigenvalue weighted by atomic mass is 9.91. The molecule has 0 atom stereocenters. The van der Waals surface area contributed by atoms with E-state index in [1.165, 1.54) is 37.9 Å². The van der Waals surface area contributed by atoms with E-state index < -0.39 is 0 Å². The molecule has 0 aliphatic carbocycles.